The normalized spacial score (nSPS) is 11.8. The Morgan fingerprint density at radius 2 is 1.83 bits per heavy atom. The lowest BCUT2D eigenvalue weighted by molar-refractivity contribution is -0.144. The van der Waals surface area contributed by atoms with E-state index in [2.05, 4.69) is 20.4 Å². The van der Waals surface area contributed by atoms with Crippen molar-refractivity contribution in [2.45, 2.75) is 45.7 Å². The van der Waals surface area contributed by atoms with Crippen molar-refractivity contribution >= 4 is 11.7 Å². The van der Waals surface area contributed by atoms with Gasteiger partial charge in [-0.25, -0.2) is 9.50 Å². The Balaban J connectivity index is 1.57. The molecule has 1 N–H and O–H groups in total. The summed E-state index contributed by atoms with van der Waals surface area (Å²) in [6, 6.07) is 10.0. The molecule has 0 fully saturated rings. The molecular weight excluding hydrogens is 383 g/mol. The summed E-state index contributed by atoms with van der Waals surface area (Å²) in [6.07, 6.45) is -2.32. The maximum Gasteiger partial charge on any atom is 0.453 e. The fourth-order valence-corrected chi connectivity index (χ4v) is 3.18. The van der Waals surface area contributed by atoms with Crippen molar-refractivity contribution in [1.29, 1.82) is 0 Å². The number of hydrogen-bond donors (Lipinski definition) is 1. The lowest BCUT2D eigenvalue weighted by atomic mass is 10.1. The van der Waals surface area contributed by atoms with Gasteiger partial charge in [0.25, 0.3) is 11.6 Å². The summed E-state index contributed by atoms with van der Waals surface area (Å²) >= 11 is 0. The highest BCUT2D eigenvalue weighted by molar-refractivity contribution is 5.76. The molecule has 1 aromatic carbocycles. The number of carbonyl (C=O) groups excluding carboxylic acids is 1. The van der Waals surface area contributed by atoms with E-state index in [0.29, 0.717) is 29.9 Å². The van der Waals surface area contributed by atoms with Crippen LogP contribution in [0.3, 0.4) is 0 Å². The molecule has 0 aliphatic rings. The number of aryl methyl sites for hydroxylation is 3. The van der Waals surface area contributed by atoms with Crippen LogP contribution in [0.1, 0.15) is 41.2 Å². The summed E-state index contributed by atoms with van der Waals surface area (Å²) in [5.41, 5.74) is 2.98. The molecule has 0 saturated carbocycles. The molecule has 29 heavy (non-hydrogen) atoms. The van der Waals surface area contributed by atoms with Crippen molar-refractivity contribution in [2.75, 3.05) is 6.54 Å². The van der Waals surface area contributed by atoms with Gasteiger partial charge in [0.1, 0.15) is 0 Å². The average molecular weight is 405 g/mol. The topological polar surface area (TPSA) is 72.2 Å². The zero-order valence-electron chi connectivity index (χ0n) is 16.3. The lowest BCUT2D eigenvalue weighted by Gasteiger charge is -2.10. The van der Waals surface area contributed by atoms with Crippen molar-refractivity contribution in [3.8, 4) is 0 Å². The van der Waals surface area contributed by atoms with E-state index in [0.717, 1.165) is 17.4 Å². The Hall–Kier alpha value is -2.97. The maximum atomic E-state index is 12.8. The molecule has 2 aromatic heterocycles. The second kappa shape index (κ2) is 8.59. The molecule has 2 heterocycles. The van der Waals surface area contributed by atoms with E-state index in [-0.39, 0.29) is 18.1 Å². The van der Waals surface area contributed by atoms with E-state index in [1.165, 1.54) is 5.56 Å². The second-order valence-electron chi connectivity index (χ2n) is 6.85. The van der Waals surface area contributed by atoms with Gasteiger partial charge in [0, 0.05) is 24.4 Å². The first-order valence-corrected chi connectivity index (χ1v) is 9.36. The molecular formula is C20H22F3N5O. The summed E-state index contributed by atoms with van der Waals surface area (Å²) in [5.74, 6) is -1.42. The molecule has 9 heteroatoms. The van der Waals surface area contributed by atoms with Gasteiger partial charge in [-0.1, -0.05) is 30.3 Å². The van der Waals surface area contributed by atoms with Gasteiger partial charge in [0.2, 0.25) is 5.91 Å². The van der Waals surface area contributed by atoms with E-state index < -0.39 is 12.0 Å². The fourth-order valence-electron chi connectivity index (χ4n) is 3.18. The highest BCUT2D eigenvalue weighted by Crippen LogP contribution is 2.27. The third-order valence-corrected chi connectivity index (χ3v) is 4.71. The first-order chi connectivity index (χ1) is 13.8. The molecule has 0 atom stereocenters. The van der Waals surface area contributed by atoms with Crippen LogP contribution in [0.25, 0.3) is 5.78 Å². The summed E-state index contributed by atoms with van der Waals surface area (Å²) in [4.78, 5) is 19.7. The molecule has 6 nitrogen and oxygen atoms in total. The van der Waals surface area contributed by atoms with Gasteiger partial charge >= 0.3 is 6.18 Å². The predicted octanol–water partition coefficient (Wildman–Crippen LogP) is 3.44. The maximum absolute atomic E-state index is 12.8. The van der Waals surface area contributed by atoms with Gasteiger partial charge in [-0.05, 0) is 44.2 Å². The van der Waals surface area contributed by atoms with Crippen LogP contribution in [0.2, 0.25) is 0 Å². The highest BCUT2D eigenvalue weighted by Gasteiger charge is 2.36. The van der Waals surface area contributed by atoms with Gasteiger partial charge in [0.15, 0.2) is 0 Å². The minimum Gasteiger partial charge on any atom is -0.356 e. The van der Waals surface area contributed by atoms with Crippen LogP contribution in [0.5, 0.6) is 0 Å². The number of halogens is 3. The molecule has 154 valence electrons. The van der Waals surface area contributed by atoms with Crippen LogP contribution in [-0.2, 0) is 23.8 Å². The SMILES string of the molecule is Cc1nc2nc(C(F)(F)F)nn2c(C)c1CCC(=O)NCCCc1ccccc1. The predicted molar refractivity (Wildman–Crippen MR) is 101 cm³/mol. The minimum atomic E-state index is -4.63. The van der Waals surface area contributed by atoms with Gasteiger partial charge in [-0.15, -0.1) is 5.10 Å². The van der Waals surface area contributed by atoms with Crippen LogP contribution < -0.4 is 5.32 Å². The second-order valence-corrected chi connectivity index (χ2v) is 6.85. The number of benzene rings is 1. The van der Waals surface area contributed by atoms with Crippen molar-refractivity contribution < 1.29 is 18.0 Å². The molecule has 0 radical (unpaired) electrons. The average Bonchev–Trinajstić information content (AvgIpc) is 3.10. The zero-order chi connectivity index (χ0) is 21.0. The number of aromatic nitrogens is 4. The number of amides is 1. The largest absolute Gasteiger partial charge is 0.453 e. The molecule has 1 amide bonds. The van der Waals surface area contributed by atoms with E-state index >= 15 is 0 Å². The number of nitrogens with one attached hydrogen (secondary N) is 1. The first kappa shape index (κ1) is 20.8. The Morgan fingerprint density at radius 3 is 2.52 bits per heavy atom. The van der Waals surface area contributed by atoms with Crippen LogP contribution >= 0.6 is 0 Å². The Kier molecular flexibility index (Phi) is 6.14. The third kappa shape index (κ3) is 5.10. The summed E-state index contributed by atoms with van der Waals surface area (Å²) in [5, 5.41) is 6.40. The molecule has 0 bridgehead atoms. The number of rotatable bonds is 7. The van der Waals surface area contributed by atoms with Crippen LogP contribution in [0.15, 0.2) is 30.3 Å². The molecule has 3 aromatic rings. The quantitative estimate of drug-likeness (QED) is 0.611. The van der Waals surface area contributed by atoms with Crippen molar-refractivity contribution in [1.82, 2.24) is 24.9 Å². The van der Waals surface area contributed by atoms with Gasteiger partial charge in [-0.2, -0.15) is 18.2 Å². The third-order valence-electron chi connectivity index (χ3n) is 4.71. The molecule has 0 aliphatic carbocycles. The zero-order valence-corrected chi connectivity index (χ0v) is 16.3. The number of hydrogen-bond acceptors (Lipinski definition) is 4. The Labute approximate surface area is 166 Å². The van der Waals surface area contributed by atoms with E-state index in [4.69, 9.17) is 0 Å². The summed E-state index contributed by atoms with van der Waals surface area (Å²) < 4.78 is 39.6. The summed E-state index contributed by atoms with van der Waals surface area (Å²) in [7, 11) is 0. The summed E-state index contributed by atoms with van der Waals surface area (Å²) in [6.45, 7) is 3.92. The van der Waals surface area contributed by atoms with Crippen molar-refractivity contribution in [3.05, 3.63) is 58.7 Å². The van der Waals surface area contributed by atoms with Crippen LogP contribution in [0, 0.1) is 13.8 Å². The van der Waals surface area contributed by atoms with Crippen molar-refractivity contribution in [3.63, 3.8) is 0 Å². The molecule has 0 unspecified atom stereocenters. The molecule has 0 aliphatic heterocycles. The van der Waals surface area contributed by atoms with E-state index in [9.17, 15) is 18.0 Å². The molecule has 3 rings (SSSR count). The monoisotopic (exact) mass is 405 g/mol. The van der Waals surface area contributed by atoms with E-state index in [1.807, 2.05) is 30.3 Å². The van der Waals surface area contributed by atoms with Crippen LogP contribution in [-0.4, -0.2) is 32.0 Å². The number of alkyl halides is 3. The lowest BCUT2D eigenvalue weighted by Crippen LogP contribution is -2.25. The Morgan fingerprint density at radius 1 is 1.10 bits per heavy atom. The van der Waals surface area contributed by atoms with Crippen molar-refractivity contribution in [2.24, 2.45) is 0 Å². The smallest absolute Gasteiger partial charge is 0.356 e. The standard InChI is InChI=1S/C20H22F3N5O/c1-13-16(14(2)28-19(25-13)26-18(27-28)20(21,22)23)10-11-17(29)24-12-6-9-15-7-4-3-5-8-15/h3-5,7-8H,6,9-12H2,1-2H3,(H,24,29). The first-order valence-electron chi connectivity index (χ1n) is 9.36. The Bertz CT molecular complexity index is 999. The highest BCUT2D eigenvalue weighted by atomic mass is 19.4. The van der Waals surface area contributed by atoms with E-state index in [1.54, 1.807) is 13.8 Å². The minimum absolute atomic E-state index is 0.0959. The fraction of sp³-hybridized carbons (Fsp3) is 0.400. The molecule has 0 saturated heterocycles. The number of fused-ring (bicyclic) bond motifs is 1. The number of carbonyl (C=O) groups is 1. The van der Waals surface area contributed by atoms with Crippen LogP contribution in [0.4, 0.5) is 13.2 Å². The number of nitrogens with zero attached hydrogens (tertiary/aromatic N) is 4. The van der Waals surface area contributed by atoms with Gasteiger partial charge in [0.05, 0.1) is 0 Å². The van der Waals surface area contributed by atoms with Gasteiger partial charge < -0.3 is 5.32 Å². The van der Waals surface area contributed by atoms with Gasteiger partial charge in [-0.3, -0.25) is 4.79 Å². The molecule has 0 spiro atoms.